The lowest BCUT2D eigenvalue weighted by Gasteiger charge is -2.28. The monoisotopic (exact) mass is 257 g/mol. The minimum Gasteiger partial charge on any atom is -0.310 e. The summed E-state index contributed by atoms with van der Waals surface area (Å²) in [5.41, 5.74) is 5.88. The lowest BCUT2D eigenvalue weighted by Crippen LogP contribution is -2.28. The molecule has 0 aromatic heterocycles. The number of fused-ring (bicyclic) bond motifs is 1. The molecule has 19 heavy (non-hydrogen) atoms. The molecule has 1 N–H and O–H groups in total. The molecule has 0 bridgehead atoms. The maximum absolute atomic E-state index is 3.77. The molecule has 3 atom stereocenters. The van der Waals surface area contributed by atoms with Crippen LogP contribution < -0.4 is 5.32 Å². The minimum absolute atomic E-state index is 0.581. The van der Waals surface area contributed by atoms with Crippen molar-refractivity contribution in [2.75, 3.05) is 6.54 Å². The zero-order valence-electron chi connectivity index (χ0n) is 12.8. The van der Waals surface area contributed by atoms with Crippen molar-refractivity contribution in [1.29, 1.82) is 0 Å². The molecular weight excluding hydrogens is 230 g/mol. The summed E-state index contributed by atoms with van der Waals surface area (Å²) in [4.78, 5) is 0. The molecule has 3 unspecified atom stereocenters. The number of nitrogens with one attached hydrogen (secondary N) is 1. The van der Waals surface area contributed by atoms with Gasteiger partial charge in [0, 0.05) is 6.04 Å². The zero-order chi connectivity index (χ0) is 13.6. The van der Waals surface area contributed by atoms with Gasteiger partial charge in [-0.15, -0.1) is 0 Å². The Morgan fingerprint density at radius 1 is 1.00 bits per heavy atom. The van der Waals surface area contributed by atoms with Gasteiger partial charge in [0.1, 0.15) is 0 Å². The molecule has 2 fully saturated rings. The summed E-state index contributed by atoms with van der Waals surface area (Å²) >= 11 is 0. The topological polar surface area (TPSA) is 12.0 Å². The Morgan fingerprint density at radius 2 is 1.63 bits per heavy atom. The first-order chi connectivity index (χ1) is 9.10. The highest BCUT2D eigenvalue weighted by Gasteiger charge is 2.48. The maximum Gasteiger partial charge on any atom is 0.0351 e. The molecule has 0 spiro atoms. The molecule has 2 saturated carbocycles. The zero-order valence-corrected chi connectivity index (χ0v) is 12.8. The van der Waals surface area contributed by atoms with E-state index < -0.39 is 0 Å². The van der Waals surface area contributed by atoms with Crippen LogP contribution in [0.2, 0.25) is 0 Å². The van der Waals surface area contributed by atoms with Crippen molar-refractivity contribution in [2.24, 2.45) is 17.8 Å². The van der Waals surface area contributed by atoms with E-state index in [0.29, 0.717) is 6.04 Å². The lowest BCUT2D eigenvalue weighted by molar-refractivity contribution is 0.345. The second-order valence-electron chi connectivity index (χ2n) is 6.82. The number of hydrogen-bond acceptors (Lipinski definition) is 1. The summed E-state index contributed by atoms with van der Waals surface area (Å²) in [6.07, 6.45) is 4.42. The van der Waals surface area contributed by atoms with Gasteiger partial charge in [-0.25, -0.2) is 0 Å². The van der Waals surface area contributed by atoms with Gasteiger partial charge < -0.3 is 5.32 Å². The average Bonchev–Trinajstić information content (AvgIpc) is 2.98. The molecule has 1 nitrogen and oxygen atoms in total. The van der Waals surface area contributed by atoms with Crippen LogP contribution in [0, 0.1) is 38.5 Å². The van der Waals surface area contributed by atoms with Crippen LogP contribution in [0.5, 0.6) is 0 Å². The largest absolute Gasteiger partial charge is 0.310 e. The van der Waals surface area contributed by atoms with Crippen molar-refractivity contribution < 1.29 is 0 Å². The van der Waals surface area contributed by atoms with E-state index in [-0.39, 0.29) is 0 Å². The minimum atomic E-state index is 0.581. The van der Waals surface area contributed by atoms with Crippen LogP contribution in [0.1, 0.15) is 54.5 Å². The van der Waals surface area contributed by atoms with Crippen molar-refractivity contribution in [2.45, 2.75) is 53.0 Å². The van der Waals surface area contributed by atoms with Crippen LogP contribution in [0.25, 0.3) is 0 Å². The smallest absolute Gasteiger partial charge is 0.0351 e. The molecule has 1 heteroatoms. The van der Waals surface area contributed by atoms with Gasteiger partial charge in [0.15, 0.2) is 0 Å². The highest BCUT2D eigenvalue weighted by molar-refractivity contribution is 5.38. The van der Waals surface area contributed by atoms with Gasteiger partial charge in [-0.05, 0) is 86.6 Å². The molecule has 3 rings (SSSR count). The number of benzene rings is 1. The van der Waals surface area contributed by atoms with Crippen molar-refractivity contribution in [3.63, 3.8) is 0 Å². The van der Waals surface area contributed by atoms with Crippen LogP contribution in [0.3, 0.4) is 0 Å². The fourth-order valence-corrected chi connectivity index (χ4v) is 4.10. The SMILES string of the molecule is CCNC(c1cc(C)c(C)cc1C)C1CC2CC2C1. The van der Waals surface area contributed by atoms with Gasteiger partial charge in [-0.2, -0.15) is 0 Å². The van der Waals surface area contributed by atoms with E-state index in [1.165, 1.54) is 36.0 Å². The quantitative estimate of drug-likeness (QED) is 0.847. The van der Waals surface area contributed by atoms with Crippen LogP contribution in [0.15, 0.2) is 12.1 Å². The fourth-order valence-electron chi connectivity index (χ4n) is 4.10. The van der Waals surface area contributed by atoms with Crippen LogP contribution in [-0.2, 0) is 0 Å². The molecule has 104 valence electrons. The van der Waals surface area contributed by atoms with E-state index in [1.807, 2.05) is 0 Å². The summed E-state index contributed by atoms with van der Waals surface area (Å²) in [5, 5.41) is 3.77. The third-order valence-corrected chi connectivity index (χ3v) is 5.39. The van der Waals surface area contributed by atoms with E-state index in [4.69, 9.17) is 0 Å². The van der Waals surface area contributed by atoms with Crippen molar-refractivity contribution in [3.8, 4) is 0 Å². The predicted molar refractivity (Wildman–Crippen MR) is 81.4 cm³/mol. The standard InChI is InChI=1S/C18H27N/c1-5-19-18(16-9-14-8-15(14)10-16)17-7-12(3)11(2)6-13(17)4/h6-7,14-16,18-19H,5,8-10H2,1-4H3. The summed E-state index contributed by atoms with van der Waals surface area (Å²) in [7, 11) is 0. The molecule has 0 saturated heterocycles. The molecule has 2 aliphatic carbocycles. The summed E-state index contributed by atoms with van der Waals surface area (Å²) in [6.45, 7) is 10.1. The Hall–Kier alpha value is -0.820. The maximum atomic E-state index is 3.77. The highest BCUT2D eigenvalue weighted by atomic mass is 14.9. The van der Waals surface area contributed by atoms with Crippen molar-refractivity contribution >= 4 is 0 Å². The average molecular weight is 257 g/mol. The van der Waals surface area contributed by atoms with Crippen molar-refractivity contribution in [1.82, 2.24) is 5.32 Å². The van der Waals surface area contributed by atoms with Crippen molar-refractivity contribution in [3.05, 3.63) is 34.4 Å². The molecule has 0 radical (unpaired) electrons. The third kappa shape index (κ3) is 2.45. The fraction of sp³-hybridized carbons (Fsp3) is 0.667. The molecule has 0 aliphatic heterocycles. The summed E-state index contributed by atoms with van der Waals surface area (Å²) in [5.74, 6) is 3.00. The Balaban J connectivity index is 1.88. The van der Waals surface area contributed by atoms with E-state index in [2.05, 4.69) is 45.1 Å². The highest BCUT2D eigenvalue weighted by Crippen LogP contribution is 2.57. The molecule has 0 heterocycles. The van der Waals surface area contributed by atoms with Gasteiger partial charge in [0.25, 0.3) is 0 Å². The molecular formula is C18H27N. The first kappa shape index (κ1) is 13.2. The van der Waals surface area contributed by atoms with Crippen LogP contribution >= 0.6 is 0 Å². The first-order valence-electron chi connectivity index (χ1n) is 7.91. The summed E-state index contributed by atoms with van der Waals surface area (Å²) < 4.78 is 0. The molecule has 1 aromatic rings. The van der Waals surface area contributed by atoms with Gasteiger partial charge in [-0.3, -0.25) is 0 Å². The number of hydrogen-bond donors (Lipinski definition) is 1. The Labute approximate surface area is 117 Å². The van der Waals surface area contributed by atoms with Gasteiger partial charge >= 0.3 is 0 Å². The summed E-state index contributed by atoms with van der Waals surface area (Å²) in [6, 6.07) is 5.38. The molecule has 2 aliphatic rings. The predicted octanol–water partition coefficient (Wildman–Crippen LogP) is 4.31. The Kier molecular flexibility index (Phi) is 3.42. The van der Waals surface area contributed by atoms with Crippen LogP contribution in [0.4, 0.5) is 0 Å². The van der Waals surface area contributed by atoms with E-state index in [0.717, 1.165) is 24.3 Å². The normalized spacial score (nSPS) is 30.2. The van der Waals surface area contributed by atoms with E-state index in [9.17, 15) is 0 Å². The van der Waals surface area contributed by atoms with Gasteiger partial charge in [0.05, 0.1) is 0 Å². The van der Waals surface area contributed by atoms with E-state index in [1.54, 1.807) is 5.56 Å². The third-order valence-electron chi connectivity index (χ3n) is 5.39. The van der Waals surface area contributed by atoms with E-state index >= 15 is 0 Å². The van der Waals surface area contributed by atoms with Crippen LogP contribution in [-0.4, -0.2) is 6.54 Å². The van der Waals surface area contributed by atoms with Gasteiger partial charge in [-0.1, -0.05) is 19.1 Å². The number of rotatable bonds is 4. The lowest BCUT2D eigenvalue weighted by atomic mass is 9.85. The second kappa shape index (κ2) is 4.94. The molecule has 1 aromatic carbocycles. The second-order valence-corrected chi connectivity index (χ2v) is 6.82. The Bertz CT molecular complexity index is 467. The molecule has 0 amide bonds. The Morgan fingerprint density at radius 3 is 2.26 bits per heavy atom. The van der Waals surface area contributed by atoms with Gasteiger partial charge in [0.2, 0.25) is 0 Å². The first-order valence-corrected chi connectivity index (χ1v) is 7.91. The number of aryl methyl sites for hydroxylation is 3.